The molecule has 2 N–H and O–H groups in total. The van der Waals surface area contributed by atoms with Crippen molar-refractivity contribution in [3.8, 4) is 5.75 Å². The lowest BCUT2D eigenvalue weighted by atomic mass is 10.2. The fourth-order valence-electron chi connectivity index (χ4n) is 1.04. The van der Waals surface area contributed by atoms with E-state index in [0.29, 0.717) is 13.2 Å². The highest BCUT2D eigenvalue weighted by molar-refractivity contribution is 5.92. The molecule has 0 unspecified atom stereocenters. The fourth-order valence-corrected chi connectivity index (χ4v) is 1.04. The summed E-state index contributed by atoms with van der Waals surface area (Å²) in [6, 6.07) is 6.34. The number of carboxylic acid groups (broad SMARTS) is 1. The zero-order valence-electron chi connectivity index (χ0n) is 11.3. The Labute approximate surface area is 112 Å². The van der Waals surface area contributed by atoms with Crippen LogP contribution in [0.2, 0.25) is 0 Å². The minimum Gasteiger partial charge on any atom is -0.507 e. The lowest BCUT2D eigenvalue weighted by Crippen LogP contribution is -2.20. The van der Waals surface area contributed by atoms with E-state index in [9.17, 15) is 9.90 Å². The van der Waals surface area contributed by atoms with Crippen LogP contribution >= 0.6 is 0 Å². The van der Waals surface area contributed by atoms with Gasteiger partial charge in [0.15, 0.2) is 0 Å². The molecule has 1 aromatic rings. The Morgan fingerprint density at radius 2 is 1.79 bits per heavy atom. The third-order valence-corrected chi connectivity index (χ3v) is 1.90. The van der Waals surface area contributed by atoms with E-state index >= 15 is 0 Å². The average Bonchev–Trinajstić information content (AvgIpc) is 2.28. The van der Waals surface area contributed by atoms with E-state index in [2.05, 4.69) is 0 Å². The summed E-state index contributed by atoms with van der Waals surface area (Å²) < 4.78 is 4.98. The average molecular weight is 269 g/mol. The summed E-state index contributed by atoms with van der Waals surface area (Å²) in [5, 5.41) is 16.8. The Hall–Kier alpha value is -2.08. The van der Waals surface area contributed by atoms with Crippen LogP contribution in [0.5, 0.6) is 5.75 Å². The number of likely N-dealkylation sites (N-methyl/N-ethyl adjacent to an activating group) is 1. The van der Waals surface area contributed by atoms with Gasteiger partial charge in [-0.25, -0.2) is 4.79 Å². The Balaban J connectivity index is 0.000000711. The standard InChI is InChI=1S/C11H15NO3.C2H4O2/c1-12(2)7-8-15-11(14)9-5-3-4-6-10(9)13;1-2(3)4/h3-6,13H,7-8H2,1-2H3;1H3,(H,3,4). The summed E-state index contributed by atoms with van der Waals surface area (Å²) in [5.74, 6) is -1.37. The molecule has 0 saturated carbocycles. The highest BCUT2D eigenvalue weighted by Gasteiger charge is 2.10. The highest BCUT2D eigenvalue weighted by atomic mass is 16.5. The maximum atomic E-state index is 11.4. The van der Waals surface area contributed by atoms with Crippen LogP contribution in [-0.2, 0) is 9.53 Å². The molecular weight excluding hydrogens is 250 g/mol. The van der Waals surface area contributed by atoms with E-state index in [-0.39, 0.29) is 11.3 Å². The van der Waals surface area contributed by atoms with Crippen LogP contribution in [0.25, 0.3) is 0 Å². The van der Waals surface area contributed by atoms with Crippen molar-refractivity contribution in [2.45, 2.75) is 6.92 Å². The van der Waals surface area contributed by atoms with E-state index in [0.717, 1.165) is 6.92 Å². The monoisotopic (exact) mass is 269 g/mol. The number of hydrogen-bond acceptors (Lipinski definition) is 5. The molecule has 19 heavy (non-hydrogen) atoms. The molecule has 0 saturated heterocycles. The quantitative estimate of drug-likeness (QED) is 0.799. The van der Waals surface area contributed by atoms with Gasteiger partial charge in [0, 0.05) is 13.5 Å². The first-order chi connectivity index (χ1) is 8.84. The SMILES string of the molecule is CC(=O)O.CN(C)CCOC(=O)c1ccccc1O. The third kappa shape index (κ3) is 8.62. The molecule has 0 amide bonds. The van der Waals surface area contributed by atoms with Gasteiger partial charge in [0.2, 0.25) is 0 Å². The molecule has 6 heteroatoms. The van der Waals surface area contributed by atoms with Crippen molar-refractivity contribution < 1.29 is 24.5 Å². The van der Waals surface area contributed by atoms with Crippen molar-refractivity contribution in [2.75, 3.05) is 27.2 Å². The van der Waals surface area contributed by atoms with Gasteiger partial charge in [0.1, 0.15) is 17.9 Å². The molecule has 6 nitrogen and oxygen atoms in total. The molecule has 1 aromatic carbocycles. The number of aliphatic carboxylic acids is 1. The maximum absolute atomic E-state index is 11.4. The van der Waals surface area contributed by atoms with Gasteiger partial charge in [-0.15, -0.1) is 0 Å². The number of esters is 1. The predicted molar refractivity (Wildman–Crippen MR) is 70.3 cm³/mol. The number of ether oxygens (including phenoxy) is 1. The largest absolute Gasteiger partial charge is 0.507 e. The number of rotatable bonds is 4. The molecule has 0 aliphatic carbocycles. The van der Waals surface area contributed by atoms with Crippen LogP contribution in [0, 0.1) is 0 Å². The molecule has 0 aromatic heterocycles. The molecule has 1 rings (SSSR count). The van der Waals surface area contributed by atoms with Gasteiger partial charge in [-0.05, 0) is 26.2 Å². The number of phenols is 1. The zero-order chi connectivity index (χ0) is 14.8. The molecule has 0 aliphatic rings. The number of para-hydroxylation sites is 1. The van der Waals surface area contributed by atoms with Gasteiger partial charge < -0.3 is 19.8 Å². The van der Waals surface area contributed by atoms with Gasteiger partial charge in [0.05, 0.1) is 0 Å². The summed E-state index contributed by atoms with van der Waals surface area (Å²) in [4.78, 5) is 22.4. The molecule has 0 bridgehead atoms. The Kier molecular flexibility index (Phi) is 7.95. The van der Waals surface area contributed by atoms with Crippen molar-refractivity contribution in [3.63, 3.8) is 0 Å². The second-order valence-electron chi connectivity index (χ2n) is 3.98. The number of benzene rings is 1. The molecule has 0 heterocycles. The molecule has 0 fully saturated rings. The number of nitrogens with zero attached hydrogens (tertiary/aromatic N) is 1. The first-order valence-corrected chi connectivity index (χ1v) is 5.64. The second-order valence-corrected chi connectivity index (χ2v) is 3.98. The van der Waals surface area contributed by atoms with E-state index in [1.807, 2.05) is 19.0 Å². The Bertz CT molecular complexity index is 413. The normalized spacial score (nSPS) is 9.47. The van der Waals surface area contributed by atoms with E-state index in [1.54, 1.807) is 12.1 Å². The minimum absolute atomic E-state index is 0.0487. The molecule has 0 radical (unpaired) electrons. The molecular formula is C13H19NO5. The van der Waals surface area contributed by atoms with Crippen LogP contribution in [-0.4, -0.2) is 54.3 Å². The van der Waals surface area contributed by atoms with Crippen LogP contribution in [0.1, 0.15) is 17.3 Å². The van der Waals surface area contributed by atoms with Crippen molar-refractivity contribution in [1.29, 1.82) is 0 Å². The lowest BCUT2D eigenvalue weighted by molar-refractivity contribution is -0.134. The summed E-state index contributed by atoms with van der Waals surface area (Å²) >= 11 is 0. The van der Waals surface area contributed by atoms with Crippen molar-refractivity contribution in [3.05, 3.63) is 29.8 Å². The molecule has 106 valence electrons. The summed E-state index contributed by atoms with van der Waals surface area (Å²) in [6.07, 6.45) is 0. The summed E-state index contributed by atoms with van der Waals surface area (Å²) in [6.45, 7) is 2.07. The fraction of sp³-hybridized carbons (Fsp3) is 0.385. The lowest BCUT2D eigenvalue weighted by Gasteiger charge is -2.10. The molecule has 0 aliphatic heterocycles. The summed E-state index contributed by atoms with van der Waals surface area (Å²) in [7, 11) is 3.79. The van der Waals surface area contributed by atoms with Crippen LogP contribution < -0.4 is 0 Å². The van der Waals surface area contributed by atoms with Gasteiger partial charge in [-0.1, -0.05) is 12.1 Å². The molecule has 0 spiro atoms. The van der Waals surface area contributed by atoms with Gasteiger partial charge in [-0.3, -0.25) is 4.79 Å². The number of hydrogen-bond donors (Lipinski definition) is 2. The van der Waals surface area contributed by atoms with Crippen molar-refractivity contribution in [1.82, 2.24) is 4.90 Å². The smallest absolute Gasteiger partial charge is 0.341 e. The van der Waals surface area contributed by atoms with E-state index in [4.69, 9.17) is 14.6 Å². The number of carboxylic acids is 1. The van der Waals surface area contributed by atoms with E-state index < -0.39 is 11.9 Å². The number of carbonyl (C=O) groups excluding carboxylic acids is 1. The van der Waals surface area contributed by atoms with Crippen LogP contribution in [0.3, 0.4) is 0 Å². The first-order valence-electron chi connectivity index (χ1n) is 5.64. The number of carbonyl (C=O) groups is 2. The molecule has 0 atom stereocenters. The number of aromatic hydroxyl groups is 1. The Morgan fingerprint density at radius 1 is 1.26 bits per heavy atom. The maximum Gasteiger partial charge on any atom is 0.341 e. The minimum atomic E-state index is -0.833. The third-order valence-electron chi connectivity index (χ3n) is 1.90. The topological polar surface area (TPSA) is 87.1 Å². The van der Waals surface area contributed by atoms with Crippen LogP contribution in [0.15, 0.2) is 24.3 Å². The van der Waals surface area contributed by atoms with Gasteiger partial charge in [-0.2, -0.15) is 0 Å². The van der Waals surface area contributed by atoms with E-state index in [1.165, 1.54) is 12.1 Å². The second kappa shape index (κ2) is 8.93. The highest BCUT2D eigenvalue weighted by Crippen LogP contribution is 2.16. The first kappa shape index (κ1) is 16.9. The zero-order valence-corrected chi connectivity index (χ0v) is 11.3. The van der Waals surface area contributed by atoms with Crippen molar-refractivity contribution >= 4 is 11.9 Å². The predicted octanol–water partition coefficient (Wildman–Crippen LogP) is 1.20. The van der Waals surface area contributed by atoms with Crippen molar-refractivity contribution in [2.24, 2.45) is 0 Å². The number of phenolic OH excluding ortho intramolecular Hbond substituents is 1. The summed E-state index contributed by atoms with van der Waals surface area (Å²) in [5.41, 5.74) is 0.205. The van der Waals surface area contributed by atoms with Gasteiger partial charge in [0.25, 0.3) is 5.97 Å². The Morgan fingerprint density at radius 3 is 2.26 bits per heavy atom. The van der Waals surface area contributed by atoms with Gasteiger partial charge >= 0.3 is 5.97 Å². The van der Waals surface area contributed by atoms with Crippen LogP contribution in [0.4, 0.5) is 0 Å².